The molecule has 0 saturated carbocycles. The Labute approximate surface area is 120 Å². The summed E-state index contributed by atoms with van der Waals surface area (Å²) < 4.78 is 9.87. The smallest absolute Gasteiger partial charge is 0.359 e. The van der Waals surface area contributed by atoms with Crippen molar-refractivity contribution in [3.05, 3.63) is 20.6 Å². The molecule has 1 rings (SSSR count). The van der Waals surface area contributed by atoms with Crippen LogP contribution in [-0.4, -0.2) is 35.1 Å². The average Bonchev–Trinajstić information content (AvgIpc) is 2.32. The molecule has 0 atom stereocenters. The number of halogens is 2. The number of rotatable bonds is 4. The Balaban J connectivity index is 3.11. The van der Waals surface area contributed by atoms with Crippen LogP contribution in [0.5, 0.6) is 0 Å². The summed E-state index contributed by atoms with van der Waals surface area (Å²) in [4.78, 5) is 30.9. The first-order chi connectivity index (χ1) is 8.51. The highest BCUT2D eigenvalue weighted by molar-refractivity contribution is 9.11. The largest absolute Gasteiger partial charge is 0.461 e. The Morgan fingerprint density at radius 1 is 0.944 bits per heavy atom. The first kappa shape index (κ1) is 15.0. The van der Waals surface area contributed by atoms with Gasteiger partial charge in [-0.05, 0) is 45.7 Å². The molecule has 0 fully saturated rings. The van der Waals surface area contributed by atoms with Gasteiger partial charge in [-0.15, -0.1) is 0 Å². The lowest BCUT2D eigenvalue weighted by Crippen LogP contribution is -2.14. The third-order valence-corrected chi connectivity index (χ3v) is 2.85. The molecule has 0 aromatic carbocycles. The van der Waals surface area contributed by atoms with Crippen LogP contribution in [0.3, 0.4) is 0 Å². The number of carbonyl (C=O) groups excluding carboxylic acids is 2. The zero-order chi connectivity index (χ0) is 13.7. The standard InChI is InChI=1S/C10H10Br2N2O4/c1-3-17-9(15)5-7(11)14-6(8(12)13-5)10(16)18-4-2/h3-4H2,1-2H3. The number of esters is 2. The highest BCUT2D eigenvalue weighted by Gasteiger charge is 2.22. The molecule has 18 heavy (non-hydrogen) atoms. The van der Waals surface area contributed by atoms with Crippen molar-refractivity contribution in [1.82, 2.24) is 9.97 Å². The summed E-state index contributed by atoms with van der Waals surface area (Å²) in [5.74, 6) is -1.24. The number of hydrogen-bond donors (Lipinski definition) is 0. The molecule has 0 N–H and O–H groups in total. The zero-order valence-electron chi connectivity index (χ0n) is 9.70. The van der Waals surface area contributed by atoms with E-state index < -0.39 is 11.9 Å². The Hall–Kier alpha value is -1.02. The van der Waals surface area contributed by atoms with Crippen LogP contribution in [0, 0.1) is 0 Å². The van der Waals surface area contributed by atoms with Gasteiger partial charge in [0, 0.05) is 0 Å². The van der Waals surface area contributed by atoms with Gasteiger partial charge in [0.1, 0.15) is 9.21 Å². The van der Waals surface area contributed by atoms with Crippen molar-refractivity contribution in [2.24, 2.45) is 0 Å². The van der Waals surface area contributed by atoms with Crippen molar-refractivity contribution >= 4 is 43.8 Å². The SMILES string of the molecule is CCOC(=O)c1nc(Br)c(C(=O)OCC)nc1Br. The van der Waals surface area contributed by atoms with Gasteiger partial charge in [0.05, 0.1) is 13.2 Å². The van der Waals surface area contributed by atoms with Crippen LogP contribution in [0.4, 0.5) is 0 Å². The van der Waals surface area contributed by atoms with E-state index >= 15 is 0 Å². The maximum Gasteiger partial charge on any atom is 0.359 e. The second-order valence-corrected chi connectivity index (χ2v) is 4.45. The van der Waals surface area contributed by atoms with Gasteiger partial charge in [0.25, 0.3) is 0 Å². The molecule has 0 aliphatic rings. The topological polar surface area (TPSA) is 78.4 Å². The highest BCUT2D eigenvalue weighted by atomic mass is 79.9. The maximum atomic E-state index is 11.5. The maximum absolute atomic E-state index is 11.5. The summed E-state index contributed by atoms with van der Waals surface area (Å²) in [6.07, 6.45) is 0. The molecule has 0 unspecified atom stereocenters. The van der Waals surface area contributed by atoms with E-state index in [1.165, 1.54) is 0 Å². The van der Waals surface area contributed by atoms with Gasteiger partial charge in [-0.25, -0.2) is 19.6 Å². The van der Waals surface area contributed by atoms with Crippen molar-refractivity contribution in [2.45, 2.75) is 13.8 Å². The molecule has 8 heteroatoms. The molecular formula is C10H10Br2N2O4. The van der Waals surface area contributed by atoms with E-state index in [1.54, 1.807) is 13.8 Å². The van der Waals surface area contributed by atoms with Crippen LogP contribution in [0.25, 0.3) is 0 Å². The number of hydrogen-bond acceptors (Lipinski definition) is 6. The molecule has 1 heterocycles. The van der Waals surface area contributed by atoms with E-state index in [9.17, 15) is 9.59 Å². The summed E-state index contributed by atoms with van der Waals surface area (Å²) in [5.41, 5.74) is -0.00598. The van der Waals surface area contributed by atoms with Gasteiger partial charge >= 0.3 is 11.9 Å². The number of nitrogens with zero attached hydrogens (tertiary/aromatic N) is 2. The third-order valence-electron chi connectivity index (χ3n) is 1.75. The van der Waals surface area contributed by atoms with Crippen molar-refractivity contribution < 1.29 is 19.1 Å². The normalized spacial score (nSPS) is 10.0. The number of ether oxygens (including phenoxy) is 2. The highest BCUT2D eigenvalue weighted by Crippen LogP contribution is 2.20. The minimum absolute atomic E-state index is 0.00299. The van der Waals surface area contributed by atoms with Crippen molar-refractivity contribution in [1.29, 1.82) is 0 Å². The molecule has 0 aliphatic carbocycles. The molecule has 6 nitrogen and oxygen atoms in total. The minimum atomic E-state index is -0.618. The predicted octanol–water partition coefficient (Wildman–Crippen LogP) is 2.36. The van der Waals surface area contributed by atoms with Crippen LogP contribution in [0.15, 0.2) is 9.21 Å². The number of aromatic nitrogens is 2. The predicted molar refractivity (Wildman–Crippen MR) is 69.3 cm³/mol. The lowest BCUT2D eigenvalue weighted by Gasteiger charge is -2.07. The Kier molecular flexibility index (Phi) is 5.67. The van der Waals surface area contributed by atoms with Crippen LogP contribution >= 0.6 is 31.9 Å². The molecule has 0 saturated heterocycles. The Bertz CT molecular complexity index is 435. The van der Waals surface area contributed by atoms with Gasteiger partial charge in [-0.1, -0.05) is 0 Å². The van der Waals surface area contributed by atoms with Crippen LogP contribution in [0.2, 0.25) is 0 Å². The first-order valence-corrected chi connectivity index (χ1v) is 6.67. The average molecular weight is 382 g/mol. The Morgan fingerprint density at radius 2 is 1.28 bits per heavy atom. The second-order valence-electron chi connectivity index (χ2n) is 2.94. The molecular weight excluding hydrogens is 372 g/mol. The van der Waals surface area contributed by atoms with Crippen molar-refractivity contribution in [3.8, 4) is 0 Å². The number of carbonyl (C=O) groups is 2. The van der Waals surface area contributed by atoms with Crippen LogP contribution in [0.1, 0.15) is 34.8 Å². The lowest BCUT2D eigenvalue weighted by molar-refractivity contribution is 0.0497. The van der Waals surface area contributed by atoms with E-state index in [4.69, 9.17) is 9.47 Å². The van der Waals surface area contributed by atoms with E-state index in [0.29, 0.717) is 0 Å². The van der Waals surface area contributed by atoms with Gasteiger partial charge < -0.3 is 9.47 Å². The van der Waals surface area contributed by atoms with E-state index in [1.807, 2.05) is 0 Å². The van der Waals surface area contributed by atoms with Gasteiger partial charge in [0.15, 0.2) is 11.4 Å². The molecule has 0 spiro atoms. The fourth-order valence-corrected chi connectivity index (χ4v) is 1.91. The zero-order valence-corrected chi connectivity index (χ0v) is 12.9. The fourth-order valence-electron chi connectivity index (χ4n) is 1.05. The van der Waals surface area contributed by atoms with Crippen LogP contribution in [-0.2, 0) is 9.47 Å². The Morgan fingerprint density at radius 3 is 1.56 bits per heavy atom. The summed E-state index contributed by atoms with van der Waals surface area (Å²) in [5, 5.41) is 0. The minimum Gasteiger partial charge on any atom is -0.461 e. The summed E-state index contributed by atoms with van der Waals surface area (Å²) >= 11 is 6.14. The molecule has 0 radical (unpaired) electrons. The monoisotopic (exact) mass is 380 g/mol. The van der Waals surface area contributed by atoms with Gasteiger partial charge in [-0.3, -0.25) is 0 Å². The lowest BCUT2D eigenvalue weighted by atomic mass is 10.4. The van der Waals surface area contributed by atoms with Crippen LogP contribution < -0.4 is 0 Å². The summed E-state index contributed by atoms with van der Waals surface area (Å²) in [6.45, 7) is 3.82. The van der Waals surface area contributed by atoms with Crippen molar-refractivity contribution in [3.63, 3.8) is 0 Å². The first-order valence-electron chi connectivity index (χ1n) is 5.08. The molecule has 1 aromatic heterocycles. The quantitative estimate of drug-likeness (QED) is 0.745. The molecule has 0 aliphatic heterocycles. The van der Waals surface area contributed by atoms with Gasteiger partial charge in [-0.2, -0.15) is 0 Å². The summed E-state index contributed by atoms with van der Waals surface area (Å²) in [7, 11) is 0. The molecule has 0 bridgehead atoms. The molecule has 1 aromatic rings. The van der Waals surface area contributed by atoms with Gasteiger partial charge in [0.2, 0.25) is 0 Å². The molecule has 0 amide bonds. The van der Waals surface area contributed by atoms with E-state index in [2.05, 4.69) is 41.8 Å². The van der Waals surface area contributed by atoms with E-state index in [-0.39, 0.29) is 33.8 Å². The summed E-state index contributed by atoms with van der Waals surface area (Å²) in [6, 6.07) is 0. The molecule has 98 valence electrons. The third kappa shape index (κ3) is 3.49. The van der Waals surface area contributed by atoms with E-state index in [0.717, 1.165) is 0 Å². The fraction of sp³-hybridized carbons (Fsp3) is 0.400. The van der Waals surface area contributed by atoms with Crippen molar-refractivity contribution in [2.75, 3.05) is 13.2 Å². The second kappa shape index (κ2) is 6.79.